The van der Waals surface area contributed by atoms with Gasteiger partial charge in [0.2, 0.25) is 5.91 Å². The Balaban J connectivity index is 1.81. The molecule has 0 radical (unpaired) electrons. The van der Waals surface area contributed by atoms with Crippen molar-refractivity contribution in [3.8, 4) is 0 Å². The number of carbonyl (C=O) groups is 3. The lowest BCUT2D eigenvalue weighted by molar-refractivity contribution is -0.136. The van der Waals surface area contributed by atoms with E-state index < -0.39 is 0 Å². The van der Waals surface area contributed by atoms with Crippen molar-refractivity contribution in [2.75, 3.05) is 23.3 Å². The van der Waals surface area contributed by atoms with Gasteiger partial charge < -0.3 is 10.2 Å². The van der Waals surface area contributed by atoms with Gasteiger partial charge in [-0.3, -0.25) is 19.3 Å². The van der Waals surface area contributed by atoms with Gasteiger partial charge >= 0.3 is 0 Å². The topological polar surface area (TPSA) is 69.7 Å². The van der Waals surface area contributed by atoms with Crippen molar-refractivity contribution in [2.45, 2.75) is 26.7 Å². The van der Waals surface area contributed by atoms with Crippen molar-refractivity contribution in [1.82, 2.24) is 4.90 Å². The van der Waals surface area contributed by atoms with Crippen LogP contribution >= 0.6 is 0 Å². The number of para-hydroxylation sites is 1. The van der Waals surface area contributed by atoms with Crippen LogP contribution in [0.1, 0.15) is 31.4 Å². The van der Waals surface area contributed by atoms with Crippen LogP contribution in [0, 0.1) is 0 Å². The fourth-order valence-corrected chi connectivity index (χ4v) is 3.99. The van der Waals surface area contributed by atoms with Crippen molar-refractivity contribution >= 4 is 34.7 Å². The van der Waals surface area contributed by atoms with E-state index in [1.165, 1.54) is 17.4 Å². The van der Waals surface area contributed by atoms with Crippen LogP contribution in [0.5, 0.6) is 0 Å². The maximum absolute atomic E-state index is 13.2. The van der Waals surface area contributed by atoms with Crippen LogP contribution in [-0.4, -0.2) is 35.7 Å². The van der Waals surface area contributed by atoms with Gasteiger partial charge in [0.15, 0.2) is 0 Å². The number of benzene rings is 2. The normalized spacial score (nSPS) is 15.9. The minimum atomic E-state index is -0.261. The fourth-order valence-electron chi connectivity index (χ4n) is 3.99. The molecule has 0 aromatic heterocycles. The Bertz CT molecular complexity index is 1020. The van der Waals surface area contributed by atoms with E-state index in [1.807, 2.05) is 30.0 Å². The molecule has 0 unspecified atom stereocenters. The summed E-state index contributed by atoms with van der Waals surface area (Å²) in [5.41, 5.74) is 4.35. The Labute approximate surface area is 169 Å². The predicted molar refractivity (Wildman–Crippen MR) is 112 cm³/mol. The summed E-state index contributed by atoms with van der Waals surface area (Å²) in [6.07, 6.45) is 1.54. The molecular weight excluding hydrogens is 366 g/mol. The molecule has 2 aromatic carbocycles. The molecule has 6 heteroatoms. The van der Waals surface area contributed by atoms with E-state index in [4.69, 9.17) is 0 Å². The van der Waals surface area contributed by atoms with Gasteiger partial charge in [0.05, 0.1) is 5.57 Å². The Morgan fingerprint density at radius 3 is 2.45 bits per heavy atom. The number of fused-ring (bicyclic) bond motifs is 1. The molecule has 0 aliphatic carbocycles. The lowest BCUT2D eigenvalue weighted by atomic mass is 10.0. The third kappa shape index (κ3) is 3.31. The maximum atomic E-state index is 13.2. The van der Waals surface area contributed by atoms with Crippen LogP contribution in [0.25, 0.3) is 5.57 Å². The average molecular weight is 389 g/mol. The Morgan fingerprint density at radius 1 is 1.03 bits per heavy atom. The van der Waals surface area contributed by atoms with Crippen molar-refractivity contribution in [1.29, 1.82) is 0 Å². The molecule has 0 saturated heterocycles. The Kier molecular flexibility index (Phi) is 4.92. The number of nitrogens with one attached hydrogen (secondary N) is 1. The minimum Gasteiger partial charge on any atom is -0.336 e. The van der Waals surface area contributed by atoms with E-state index in [1.54, 1.807) is 24.3 Å². The zero-order valence-corrected chi connectivity index (χ0v) is 16.6. The van der Waals surface area contributed by atoms with Crippen LogP contribution in [0.2, 0.25) is 0 Å². The highest BCUT2D eigenvalue weighted by molar-refractivity contribution is 6.36. The zero-order chi connectivity index (χ0) is 20.5. The lowest BCUT2D eigenvalue weighted by Gasteiger charge is -2.21. The molecule has 2 heterocycles. The van der Waals surface area contributed by atoms with Gasteiger partial charge in [-0.25, -0.2) is 0 Å². The second-order valence-electron chi connectivity index (χ2n) is 7.27. The highest BCUT2D eigenvalue weighted by atomic mass is 16.2. The highest BCUT2D eigenvalue weighted by Crippen LogP contribution is 2.38. The number of carbonyl (C=O) groups excluding carboxylic acids is 3. The van der Waals surface area contributed by atoms with Gasteiger partial charge in [0.1, 0.15) is 5.70 Å². The number of nitrogens with zero attached hydrogens (tertiary/aromatic N) is 2. The molecule has 0 spiro atoms. The van der Waals surface area contributed by atoms with Gasteiger partial charge in [-0.1, -0.05) is 37.3 Å². The molecule has 0 bridgehead atoms. The number of amides is 3. The Morgan fingerprint density at radius 2 is 1.76 bits per heavy atom. The van der Waals surface area contributed by atoms with Gasteiger partial charge in [-0.2, -0.15) is 0 Å². The quantitative estimate of drug-likeness (QED) is 0.798. The van der Waals surface area contributed by atoms with Crippen LogP contribution in [0.3, 0.4) is 0 Å². The molecular formula is C23H23N3O3. The average Bonchev–Trinajstić information content (AvgIpc) is 3.22. The molecule has 29 heavy (non-hydrogen) atoms. The van der Waals surface area contributed by atoms with E-state index in [0.29, 0.717) is 42.0 Å². The monoisotopic (exact) mass is 389 g/mol. The minimum absolute atomic E-state index is 0.160. The smallest absolute Gasteiger partial charge is 0.278 e. The Hall–Kier alpha value is -3.41. The summed E-state index contributed by atoms with van der Waals surface area (Å²) in [5.74, 6) is -0.662. The van der Waals surface area contributed by atoms with Crippen LogP contribution in [0.15, 0.2) is 54.2 Å². The van der Waals surface area contributed by atoms with E-state index >= 15 is 0 Å². The third-order valence-corrected chi connectivity index (χ3v) is 5.24. The van der Waals surface area contributed by atoms with Crippen molar-refractivity contribution in [3.05, 3.63) is 65.4 Å². The highest BCUT2D eigenvalue weighted by Gasteiger charge is 2.42. The van der Waals surface area contributed by atoms with E-state index in [-0.39, 0.29) is 17.7 Å². The second kappa shape index (κ2) is 7.54. The number of anilines is 2. The summed E-state index contributed by atoms with van der Waals surface area (Å²) >= 11 is 0. The standard InChI is InChI=1S/C23H23N3O3/c1-3-13-26-22(28)20(17-8-10-18(11-9-17)24-15(2)27)21(23(26)29)25-14-12-16-6-4-5-7-19(16)25/h4-11H,3,12-14H2,1-2H3,(H,24,27). The molecule has 3 amide bonds. The van der Waals surface area contributed by atoms with Gasteiger partial charge in [0, 0.05) is 31.4 Å². The van der Waals surface area contributed by atoms with E-state index in [0.717, 1.165) is 12.1 Å². The first-order chi connectivity index (χ1) is 14.0. The largest absolute Gasteiger partial charge is 0.336 e. The maximum Gasteiger partial charge on any atom is 0.278 e. The summed E-state index contributed by atoms with van der Waals surface area (Å²) in [6, 6.07) is 15.1. The first-order valence-corrected chi connectivity index (χ1v) is 9.85. The second-order valence-corrected chi connectivity index (χ2v) is 7.27. The molecule has 0 atom stereocenters. The molecule has 2 aromatic rings. The van der Waals surface area contributed by atoms with Crippen molar-refractivity contribution in [2.24, 2.45) is 0 Å². The van der Waals surface area contributed by atoms with Crippen LogP contribution in [-0.2, 0) is 20.8 Å². The zero-order valence-electron chi connectivity index (χ0n) is 16.6. The van der Waals surface area contributed by atoms with Crippen molar-refractivity contribution in [3.63, 3.8) is 0 Å². The summed E-state index contributed by atoms with van der Waals surface area (Å²) in [7, 11) is 0. The first-order valence-electron chi connectivity index (χ1n) is 9.85. The molecule has 2 aliphatic rings. The number of hydrogen-bond donors (Lipinski definition) is 1. The SMILES string of the molecule is CCCN1C(=O)C(c2ccc(NC(C)=O)cc2)=C(N2CCc3ccccc32)C1=O. The summed E-state index contributed by atoms with van der Waals surface area (Å²) in [6.45, 7) is 4.46. The molecule has 0 saturated carbocycles. The molecule has 4 rings (SSSR count). The predicted octanol–water partition coefficient (Wildman–Crippen LogP) is 3.20. The van der Waals surface area contributed by atoms with Crippen LogP contribution in [0.4, 0.5) is 11.4 Å². The molecule has 148 valence electrons. The van der Waals surface area contributed by atoms with Gasteiger partial charge in [-0.05, 0) is 42.2 Å². The first kappa shape index (κ1) is 18.9. The van der Waals surface area contributed by atoms with E-state index in [2.05, 4.69) is 11.4 Å². The third-order valence-electron chi connectivity index (χ3n) is 5.24. The molecule has 6 nitrogen and oxygen atoms in total. The summed E-state index contributed by atoms with van der Waals surface area (Å²) in [5, 5.41) is 2.72. The van der Waals surface area contributed by atoms with E-state index in [9.17, 15) is 14.4 Å². The molecule has 2 aliphatic heterocycles. The number of hydrogen-bond acceptors (Lipinski definition) is 4. The summed E-state index contributed by atoms with van der Waals surface area (Å²) < 4.78 is 0. The number of imide groups is 1. The van der Waals surface area contributed by atoms with Gasteiger partial charge in [-0.15, -0.1) is 0 Å². The van der Waals surface area contributed by atoms with Crippen molar-refractivity contribution < 1.29 is 14.4 Å². The van der Waals surface area contributed by atoms with Gasteiger partial charge in [0.25, 0.3) is 11.8 Å². The summed E-state index contributed by atoms with van der Waals surface area (Å²) in [4.78, 5) is 41.0. The fraction of sp³-hybridized carbons (Fsp3) is 0.261. The number of rotatable bonds is 5. The molecule has 1 N–H and O–H groups in total. The molecule has 0 fully saturated rings. The van der Waals surface area contributed by atoms with Crippen LogP contribution < -0.4 is 10.2 Å². The lowest BCUT2D eigenvalue weighted by Crippen LogP contribution is -2.35.